The Bertz CT molecular complexity index is 773. The molecule has 7 heteroatoms. The molecule has 0 bridgehead atoms. The molecule has 2 rings (SSSR count). The zero-order valence-electron chi connectivity index (χ0n) is 13.2. The van der Waals surface area contributed by atoms with E-state index in [0.717, 1.165) is 5.56 Å². The van der Waals surface area contributed by atoms with E-state index in [-0.39, 0.29) is 5.75 Å². The van der Waals surface area contributed by atoms with Gasteiger partial charge in [0.25, 0.3) is 0 Å². The van der Waals surface area contributed by atoms with Gasteiger partial charge in [0, 0.05) is 5.69 Å². The van der Waals surface area contributed by atoms with Crippen LogP contribution in [0.15, 0.2) is 47.6 Å². The van der Waals surface area contributed by atoms with E-state index in [4.69, 9.17) is 4.74 Å². The fourth-order valence-electron chi connectivity index (χ4n) is 1.80. The summed E-state index contributed by atoms with van der Waals surface area (Å²) in [6.45, 7) is 1.91. The molecule has 0 atom stereocenters. The topological polar surface area (TPSA) is 79.8 Å². The van der Waals surface area contributed by atoms with Crippen molar-refractivity contribution in [2.45, 2.75) is 6.92 Å². The number of carbonyl (C=O) groups excluding carboxylic acids is 2. The quantitative estimate of drug-likeness (QED) is 0.513. The third-order valence-electron chi connectivity index (χ3n) is 3.07. The van der Waals surface area contributed by atoms with Crippen LogP contribution in [0, 0.1) is 12.7 Å². The molecule has 6 nitrogen and oxygen atoms in total. The first-order chi connectivity index (χ1) is 11.5. The number of ether oxygens (including phenoxy) is 1. The van der Waals surface area contributed by atoms with Crippen molar-refractivity contribution in [2.75, 3.05) is 12.4 Å². The molecule has 0 spiro atoms. The number of benzene rings is 2. The van der Waals surface area contributed by atoms with Crippen LogP contribution in [0.3, 0.4) is 0 Å². The van der Waals surface area contributed by atoms with Crippen molar-refractivity contribution in [1.29, 1.82) is 0 Å². The van der Waals surface area contributed by atoms with Crippen molar-refractivity contribution in [2.24, 2.45) is 5.10 Å². The van der Waals surface area contributed by atoms with E-state index in [2.05, 4.69) is 15.8 Å². The first-order valence-corrected chi connectivity index (χ1v) is 7.04. The highest BCUT2D eigenvalue weighted by Crippen LogP contribution is 2.16. The summed E-state index contributed by atoms with van der Waals surface area (Å²) >= 11 is 0. The number of amides is 2. The minimum absolute atomic E-state index is 0.105. The van der Waals surface area contributed by atoms with E-state index in [0.29, 0.717) is 11.3 Å². The molecule has 2 N–H and O–H groups in total. The van der Waals surface area contributed by atoms with Crippen LogP contribution in [0.4, 0.5) is 10.1 Å². The van der Waals surface area contributed by atoms with Crippen LogP contribution in [0.2, 0.25) is 0 Å². The Labute approximate surface area is 138 Å². The van der Waals surface area contributed by atoms with Crippen LogP contribution < -0.4 is 15.5 Å². The van der Waals surface area contributed by atoms with Crippen molar-refractivity contribution >= 4 is 23.7 Å². The molecule has 0 aromatic heterocycles. The summed E-state index contributed by atoms with van der Waals surface area (Å²) in [4.78, 5) is 23.3. The van der Waals surface area contributed by atoms with E-state index < -0.39 is 17.6 Å². The Hall–Kier alpha value is -3.22. The number of methoxy groups -OCH3 is 1. The minimum Gasteiger partial charge on any atom is -0.494 e. The standard InChI is InChI=1S/C17H16FN3O3/c1-11-3-6-13(7-4-11)20-16(22)17(23)21-19-10-12-5-8-15(24-2)14(18)9-12/h3-10H,1-2H3,(H,20,22)(H,21,23)/b19-10-. The molecule has 124 valence electrons. The van der Waals surface area contributed by atoms with Gasteiger partial charge < -0.3 is 10.1 Å². The Morgan fingerprint density at radius 1 is 1.12 bits per heavy atom. The van der Waals surface area contributed by atoms with Crippen molar-refractivity contribution < 1.29 is 18.7 Å². The van der Waals surface area contributed by atoms with Crippen molar-refractivity contribution in [3.63, 3.8) is 0 Å². The second-order valence-corrected chi connectivity index (χ2v) is 4.91. The fourth-order valence-corrected chi connectivity index (χ4v) is 1.80. The zero-order valence-corrected chi connectivity index (χ0v) is 13.2. The van der Waals surface area contributed by atoms with Gasteiger partial charge in [-0.05, 0) is 42.8 Å². The molecule has 0 aliphatic rings. The molecule has 0 radical (unpaired) electrons. The summed E-state index contributed by atoms with van der Waals surface area (Å²) in [6.07, 6.45) is 1.22. The maximum absolute atomic E-state index is 13.5. The highest BCUT2D eigenvalue weighted by atomic mass is 19.1. The number of nitrogens with one attached hydrogen (secondary N) is 2. The Kier molecular flexibility index (Phi) is 5.62. The van der Waals surface area contributed by atoms with E-state index in [9.17, 15) is 14.0 Å². The highest BCUT2D eigenvalue weighted by Gasteiger charge is 2.12. The van der Waals surface area contributed by atoms with Crippen LogP contribution in [-0.4, -0.2) is 25.1 Å². The van der Waals surface area contributed by atoms with Gasteiger partial charge in [-0.15, -0.1) is 0 Å². The molecule has 0 saturated carbocycles. The number of anilines is 1. The lowest BCUT2D eigenvalue weighted by Crippen LogP contribution is -2.32. The lowest BCUT2D eigenvalue weighted by molar-refractivity contribution is -0.136. The average molecular weight is 329 g/mol. The van der Waals surface area contributed by atoms with Crippen molar-refractivity contribution in [3.05, 3.63) is 59.4 Å². The Morgan fingerprint density at radius 2 is 1.83 bits per heavy atom. The first kappa shape index (κ1) is 17.1. The van der Waals surface area contributed by atoms with Gasteiger partial charge in [-0.3, -0.25) is 9.59 Å². The molecular formula is C17H16FN3O3. The molecule has 0 unspecified atom stereocenters. The third kappa shape index (κ3) is 4.64. The lowest BCUT2D eigenvalue weighted by Gasteiger charge is -2.04. The average Bonchev–Trinajstić information content (AvgIpc) is 2.57. The summed E-state index contributed by atoms with van der Waals surface area (Å²) < 4.78 is 18.3. The Morgan fingerprint density at radius 3 is 2.46 bits per heavy atom. The third-order valence-corrected chi connectivity index (χ3v) is 3.07. The van der Waals surface area contributed by atoms with E-state index in [1.54, 1.807) is 18.2 Å². The predicted molar refractivity (Wildman–Crippen MR) is 88.5 cm³/mol. The van der Waals surface area contributed by atoms with Gasteiger partial charge in [-0.1, -0.05) is 17.7 Å². The fraction of sp³-hybridized carbons (Fsp3) is 0.118. The maximum Gasteiger partial charge on any atom is 0.329 e. The molecule has 2 amide bonds. The maximum atomic E-state index is 13.5. The van der Waals surface area contributed by atoms with Gasteiger partial charge in [-0.25, -0.2) is 9.82 Å². The second kappa shape index (κ2) is 7.87. The van der Waals surface area contributed by atoms with E-state index in [1.807, 2.05) is 19.1 Å². The van der Waals surface area contributed by atoms with Gasteiger partial charge in [0.1, 0.15) is 0 Å². The smallest absolute Gasteiger partial charge is 0.329 e. The summed E-state index contributed by atoms with van der Waals surface area (Å²) in [5, 5.41) is 6.06. The number of hydrazone groups is 1. The van der Waals surface area contributed by atoms with Gasteiger partial charge in [0.2, 0.25) is 0 Å². The molecule has 0 fully saturated rings. The molecule has 2 aromatic carbocycles. The summed E-state index contributed by atoms with van der Waals surface area (Å²) in [6, 6.07) is 11.2. The lowest BCUT2D eigenvalue weighted by atomic mass is 10.2. The molecule has 24 heavy (non-hydrogen) atoms. The van der Waals surface area contributed by atoms with Crippen LogP contribution in [0.1, 0.15) is 11.1 Å². The zero-order chi connectivity index (χ0) is 17.5. The monoisotopic (exact) mass is 329 g/mol. The highest BCUT2D eigenvalue weighted by molar-refractivity contribution is 6.39. The van der Waals surface area contributed by atoms with Gasteiger partial charge in [0.15, 0.2) is 11.6 Å². The molecule has 0 heterocycles. The van der Waals surface area contributed by atoms with E-state index >= 15 is 0 Å². The number of carbonyl (C=O) groups is 2. The molecule has 0 saturated heterocycles. The molecule has 0 aliphatic heterocycles. The largest absolute Gasteiger partial charge is 0.494 e. The Balaban J connectivity index is 1.90. The van der Waals surface area contributed by atoms with Gasteiger partial charge >= 0.3 is 11.8 Å². The normalized spacial score (nSPS) is 10.5. The van der Waals surface area contributed by atoms with Crippen LogP contribution >= 0.6 is 0 Å². The van der Waals surface area contributed by atoms with Crippen LogP contribution in [0.5, 0.6) is 5.75 Å². The molecular weight excluding hydrogens is 313 g/mol. The summed E-state index contributed by atoms with van der Waals surface area (Å²) in [5.74, 6) is -2.23. The van der Waals surface area contributed by atoms with E-state index in [1.165, 1.54) is 25.5 Å². The first-order valence-electron chi connectivity index (χ1n) is 7.04. The van der Waals surface area contributed by atoms with Crippen LogP contribution in [0.25, 0.3) is 0 Å². The predicted octanol–water partition coefficient (Wildman–Crippen LogP) is 2.23. The minimum atomic E-state index is -0.930. The van der Waals surface area contributed by atoms with Gasteiger partial charge in [-0.2, -0.15) is 5.10 Å². The van der Waals surface area contributed by atoms with Gasteiger partial charge in [0.05, 0.1) is 13.3 Å². The SMILES string of the molecule is COc1ccc(/C=N\NC(=O)C(=O)Nc2ccc(C)cc2)cc1F. The second-order valence-electron chi connectivity index (χ2n) is 4.91. The number of hydrogen-bond donors (Lipinski definition) is 2. The number of halogens is 1. The van der Waals surface area contributed by atoms with Crippen LogP contribution in [-0.2, 0) is 9.59 Å². The number of aryl methyl sites for hydroxylation is 1. The molecule has 0 aliphatic carbocycles. The van der Waals surface area contributed by atoms with Crippen molar-refractivity contribution in [1.82, 2.24) is 5.43 Å². The molecule has 2 aromatic rings. The number of hydrogen-bond acceptors (Lipinski definition) is 4. The van der Waals surface area contributed by atoms with Crippen molar-refractivity contribution in [3.8, 4) is 5.75 Å². The number of rotatable bonds is 4. The number of nitrogens with zero attached hydrogens (tertiary/aromatic N) is 1. The summed E-state index contributed by atoms with van der Waals surface area (Å²) in [7, 11) is 1.36. The summed E-state index contributed by atoms with van der Waals surface area (Å²) in [5.41, 5.74) is 4.02.